The largest absolute Gasteiger partial charge is 0.484 e. The quantitative estimate of drug-likeness (QED) is 0.937. The summed E-state index contributed by atoms with van der Waals surface area (Å²) in [5.74, 6) is 1.58. The summed E-state index contributed by atoms with van der Waals surface area (Å²) in [6.45, 7) is 1.89. The van der Waals surface area contributed by atoms with Gasteiger partial charge in [-0.25, -0.2) is 0 Å². The van der Waals surface area contributed by atoms with Crippen LogP contribution in [0.4, 0.5) is 0 Å². The third-order valence-corrected chi connectivity index (χ3v) is 2.89. The van der Waals surface area contributed by atoms with Crippen molar-refractivity contribution in [2.75, 3.05) is 0 Å². The van der Waals surface area contributed by atoms with Crippen LogP contribution < -0.4 is 4.74 Å². The van der Waals surface area contributed by atoms with Crippen molar-refractivity contribution in [1.82, 2.24) is 10.2 Å². The fraction of sp³-hybridized carbons (Fsp3) is 0.273. The number of aryl methyl sites for hydroxylation is 1. The van der Waals surface area contributed by atoms with Crippen molar-refractivity contribution in [3.8, 4) is 5.75 Å². The van der Waals surface area contributed by atoms with Crippen LogP contribution >= 0.6 is 15.9 Å². The molecule has 2 aromatic rings. The lowest BCUT2D eigenvalue weighted by molar-refractivity contribution is 0.257. The number of nitrogens with zero attached hydrogens (tertiary/aromatic N) is 2. The number of benzene rings is 1. The van der Waals surface area contributed by atoms with E-state index in [4.69, 9.17) is 14.3 Å². The highest BCUT2D eigenvalue weighted by atomic mass is 79.9. The number of aliphatic hydroxyl groups is 1. The van der Waals surface area contributed by atoms with E-state index in [1.807, 2.05) is 6.07 Å². The fourth-order valence-corrected chi connectivity index (χ4v) is 1.67. The molecule has 1 heterocycles. The summed E-state index contributed by atoms with van der Waals surface area (Å²) in [6.07, 6.45) is 0. The van der Waals surface area contributed by atoms with Gasteiger partial charge in [-0.15, -0.1) is 10.2 Å². The van der Waals surface area contributed by atoms with E-state index >= 15 is 0 Å². The first kappa shape index (κ1) is 12.1. The predicted octanol–water partition coefficient (Wildman–Crippen LogP) is 2.21. The second kappa shape index (κ2) is 5.29. The minimum Gasteiger partial charge on any atom is -0.484 e. The van der Waals surface area contributed by atoms with Gasteiger partial charge < -0.3 is 14.3 Å². The molecule has 5 nitrogen and oxygen atoms in total. The Kier molecular flexibility index (Phi) is 3.75. The molecule has 0 saturated heterocycles. The van der Waals surface area contributed by atoms with Gasteiger partial charge in [0.05, 0.1) is 6.61 Å². The van der Waals surface area contributed by atoms with E-state index in [-0.39, 0.29) is 13.2 Å². The Hall–Kier alpha value is -1.40. The normalized spacial score (nSPS) is 10.5. The van der Waals surface area contributed by atoms with Crippen LogP contribution in [0, 0.1) is 6.92 Å². The number of aliphatic hydroxyl groups excluding tert-OH is 1. The highest BCUT2D eigenvalue weighted by Gasteiger charge is 2.05. The average Bonchev–Trinajstić information content (AvgIpc) is 2.74. The monoisotopic (exact) mass is 298 g/mol. The molecular weight excluding hydrogens is 288 g/mol. The minimum atomic E-state index is -0.0442. The molecular formula is C11H11BrN2O3. The van der Waals surface area contributed by atoms with Gasteiger partial charge in [0.2, 0.25) is 5.89 Å². The number of hydrogen-bond donors (Lipinski definition) is 1. The molecule has 0 fully saturated rings. The molecule has 1 aromatic carbocycles. The van der Waals surface area contributed by atoms with Gasteiger partial charge in [0.15, 0.2) is 6.61 Å². The number of ether oxygens (including phenoxy) is 1. The van der Waals surface area contributed by atoms with E-state index in [0.29, 0.717) is 17.5 Å². The molecule has 1 aromatic heterocycles. The summed E-state index contributed by atoms with van der Waals surface area (Å²) in [7, 11) is 0. The third kappa shape index (κ3) is 3.04. The molecule has 0 amide bonds. The molecule has 6 heteroatoms. The van der Waals surface area contributed by atoms with Crippen LogP contribution in [0.25, 0.3) is 0 Å². The van der Waals surface area contributed by atoms with Gasteiger partial charge in [0.25, 0.3) is 5.89 Å². The van der Waals surface area contributed by atoms with E-state index in [1.54, 1.807) is 19.1 Å². The maximum atomic E-state index is 9.11. The molecule has 0 bridgehead atoms. The van der Waals surface area contributed by atoms with Crippen molar-refractivity contribution < 1.29 is 14.3 Å². The fourth-order valence-electron chi connectivity index (χ4n) is 1.30. The molecule has 0 aliphatic heterocycles. The molecule has 1 N–H and O–H groups in total. The molecule has 0 aliphatic rings. The Morgan fingerprint density at radius 2 is 2.24 bits per heavy atom. The Bertz CT molecular complexity index is 513. The van der Waals surface area contributed by atoms with Gasteiger partial charge in [0, 0.05) is 11.4 Å². The summed E-state index contributed by atoms with van der Waals surface area (Å²) in [4.78, 5) is 0. The lowest BCUT2D eigenvalue weighted by atomic mass is 10.2. The van der Waals surface area contributed by atoms with Gasteiger partial charge in [-0.1, -0.05) is 15.9 Å². The van der Waals surface area contributed by atoms with Gasteiger partial charge >= 0.3 is 0 Å². The zero-order chi connectivity index (χ0) is 12.3. The smallest absolute Gasteiger partial charge is 0.253 e. The van der Waals surface area contributed by atoms with E-state index in [0.717, 1.165) is 10.0 Å². The predicted molar refractivity (Wildman–Crippen MR) is 63.4 cm³/mol. The molecule has 0 unspecified atom stereocenters. The van der Waals surface area contributed by atoms with Gasteiger partial charge in [-0.05, 0) is 23.8 Å². The van der Waals surface area contributed by atoms with Crippen LogP contribution in [0.1, 0.15) is 17.3 Å². The van der Waals surface area contributed by atoms with Crippen LogP contribution in [0.2, 0.25) is 0 Å². The molecule has 0 saturated carbocycles. The van der Waals surface area contributed by atoms with Crippen molar-refractivity contribution in [1.29, 1.82) is 0 Å². The molecule has 0 spiro atoms. The van der Waals surface area contributed by atoms with Crippen molar-refractivity contribution in [2.45, 2.75) is 20.1 Å². The lowest BCUT2D eigenvalue weighted by Crippen LogP contribution is -1.97. The number of rotatable bonds is 4. The maximum absolute atomic E-state index is 9.11. The van der Waals surface area contributed by atoms with E-state index < -0.39 is 0 Å². The highest BCUT2D eigenvalue weighted by molar-refractivity contribution is 9.10. The second-order valence-corrected chi connectivity index (χ2v) is 4.27. The molecule has 0 aliphatic carbocycles. The van der Waals surface area contributed by atoms with Crippen LogP contribution in [-0.4, -0.2) is 15.3 Å². The average molecular weight is 299 g/mol. The third-order valence-electron chi connectivity index (χ3n) is 2.12. The summed E-state index contributed by atoms with van der Waals surface area (Å²) in [6, 6.07) is 5.37. The molecule has 0 atom stereocenters. The number of aromatic nitrogens is 2. The van der Waals surface area contributed by atoms with Crippen molar-refractivity contribution in [2.24, 2.45) is 0 Å². The summed E-state index contributed by atoms with van der Waals surface area (Å²) in [5, 5.41) is 16.6. The van der Waals surface area contributed by atoms with Crippen molar-refractivity contribution >= 4 is 15.9 Å². The van der Waals surface area contributed by atoms with E-state index in [1.165, 1.54) is 0 Å². The van der Waals surface area contributed by atoms with Gasteiger partial charge in [-0.3, -0.25) is 0 Å². The molecule has 2 rings (SSSR count). The van der Waals surface area contributed by atoms with Crippen LogP contribution in [0.3, 0.4) is 0 Å². The van der Waals surface area contributed by atoms with Crippen molar-refractivity contribution in [3.05, 3.63) is 40.0 Å². The Labute approximate surface area is 107 Å². The van der Waals surface area contributed by atoms with Crippen molar-refractivity contribution in [3.63, 3.8) is 0 Å². The zero-order valence-corrected chi connectivity index (χ0v) is 10.8. The molecule has 90 valence electrons. The highest BCUT2D eigenvalue weighted by Crippen LogP contribution is 2.23. The topological polar surface area (TPSA) is 68.4 Å². The molecule has 0 radical (unpaired) electrons. The van der Waals surface area contributed by atoms with Crippen LogP contribution in [0.5, 0.6) is 5.75 Å². The minimum absolute atomic E-state index is 0.0442. The lowest BCUT2D eigenvalue weighted by Gasteiger charge is -2.06. The second-order valence-electron chi connectivity index (χ2n) is 3.41. The first-order chi connectivity index (χ1) is 8.19. The molecule has 17 heavy (non-hydrogen) atoms. The van der Waals surface area contributed by atoms with Gasteiger partial charge in [-0.2, -0.15) is 0 Å². The summed E-state index contributed by atoms with van der Waals surface area (Å²) >= 11 is 3.33. The van der Waals surface area contributed by atoms with Gasteiger partial charge in [0.1, 0.15) is 5.75 Å². The Morgan fingerprint density at radius 1 is 1.41 bits per heavy atom. The number of halogens is 1. The summed E-state index contributed by atoms with van der Waals surface area (Å²) < 4.78 is 11.5. The van der Waals surface area contributed by atoms with E-state index in [2.05, 4.69) is 26.1 Å². The maximum Gasteiger partial charge on any atom is 0.253 e. The standard InChI is InChI=1S/C11H11BrN2O3/c1-7-13-14-11(17-7)6-16-9-2-3-10(12)8(4-9)5-15/h2-4,15H,5-6H2,1H3. The Balaban J connectivity index is 2.04. The van der Waals surface area contributed by atoms with E-state index in [9.17, 15) is 0 Å². The first-order valence-electron chi connectivity index (χ1n) is 5.00. The Morgan fingerprint density at radius 3 is 2.88 bits per heavy atom. The summed E-state index contributed by atoms with van der Waals surface area (Å²) in [5.41, 5.74) is 0.768. The van der Waals surface area contributed by atoms with Crippen LogP contribution in [-0.2, 0) is 13.2 Å². The van der Waals surface area contributed by atoms with Crippen LogP contribution in [0.15, 0.2) is 27.1 Å². The first-order valence-corrected chi connectivity index (χ1v) is 5.79. The zero-order valence-electron chi connectivity index (χ0n) is 9.18. The number of hydrogen-bond acceptors (Lipinski definition) is 5. The SMILES string of the molecule is Cc1nnc(COc2ccc(Br)c(CO)c2)o1.